The molecule has 1 amide bonds. The standard InChI is InChI=1S/C19H23FN4O2/c20-18-4-2-1-3-15(18)13-23-19(25)16-11-17(14-21-12-16)22-5-6-24-7-9-26-10-8-24/h1-4,11-12,14,22H,5-10,13H2,(H,23,25). The van der Waals surface area contributed by atoms with E-state index in [4.69, 9.17) is 4.74 Å². The van der Waals surface area contributed by atoms with Crippen LogP contribution in [-0.2, 0) is 11.3 Å². The Morgan fingerprint density at radius 3 is 2.85 bits per heavy atom. The summed E-state index contributed by atoms with van der Waals surface area (Å²) in [5.41, 5.74) is 1.68. The van der Waals surface area contributed by atoms with Crippen molar-refractivity contribution in [2.24, 2.45) is 0 Å². The number of nitrogens with zero attached hydrogens (tertiary/aromatic N) is 2. The Bertz CT molecular complexity index is 735. The van der Waals surface area contributed by atoms with E-state index in [0.29, 0.717) is 11.1 Å². The van der Waals surface area contributed by atoms with Crippen LogP contribution in [-0.4, -0.2) is 55.2 Å². The van der Waals surface area contributed by atoms with Crippen LogP contribution in [0.4, 0.5) is 10.1 Å². The fourth-order valence-corrected chi connectivity index (χ4v) is 2.76. The van der Waals surface area contributed by atoms with Crippen LogP contribution in [0.5, 0.6) is 0 Å². The summed E-state index contributed by atoms with van der Waals surface area (Å²) in [6, 6.07) is 8.14. The number of pyridine rings is 1. The number of halogens is 1. The second-order valence-electron chi connectivity index (χ2n) is 6.12. The zero-order valence-corrected chi connectivity index (χ0v) is 14.6. The van der Waals surface area contributed by atoms with Crippen molar-refractivity contribution in [3.63, 3.8) is 0 Å². The van der Waals surface area contributed by atoms with Crippen molar-refractivity contribution in [1.82, 2.24) is 15.2 Å². The molecule has 0 aliphatic carbocycles. The number of morpholine rings is 1. The van der Waals surface area contributed by atoms with E-state index in [9.17, 15) is 9.18 Å². The normalized spacial score (nSPS) is 14.8. The number of benzene rings is 1. The van der Waals surface area contributed by atoms with Crippen LogP contribution in [0.15, 0.2) is 42.7 Å². The van der Waals surface area contributed by atoms with Crippen LogP contribution in [0.25, 0.3) is 0 Å². The van der Waals surface area contributed by atoms with Gasteiger partial charge in [0.1, 0.15) is 5.82 Å². The lowest BCUT2D eigenvalue weighted by Crippen LogP contribution is -2.39. The first kappa shape index (κ1) is 18.3. The topological polar surface area (TPSA) is 66.5 Å². The van der Waals surface area contributed by atoms with Gasteiger partial charge in [0.2, 0.25) is 0 Å². The number of hydrogen-bond donors (Lipinski definition) is 2. The highest BCUT2D eigenvalue weighted by Crippen LogP contribution is 2.10. The summed E-state index contributed by atoms with van der Waals surface area (Å²) in [5, 5.41) is 6.01. The number of anilines is 1. The number of amides is 1. The first-order valence-electron chi connectivity index (χ1n) is 8.73. The van der Waals surface area contributed by atoms with Crippen molar-refractivity contribution in [2.45, 2.75) is 6.54 Å². The van der Waals surface area contributed by atoms with Gasteiger partial charge in [0.25, 0.3) is 5.91 Å². The Morgan fingerprint density at radius 2 is 2.04 bits per heavy atom. The molecule has 1 saturated heterocycles. The monoisotopic (exact) mass is 358 g/mol. The third-order valence-corrected chi connectivity index (χ3v) is 4.26. The molecular weight excluding hydrogens is 335 g/mol. The van der Waals surface area contributed by atoms with E-state index < -0.39 is 0 Å². The van der Waals surface area contributed by atoms with E-state index in [1.54, 1.807) is 30.5 Å². The van der Waals surface area contributed by atoms with Gasteiger partial charge >= 0.3 is 0 Å². The number of ether oxygens (including phenoxy) is 1. The Balaban J connectivity index is 1.49. The number of aromatic nitrogens is 1. The largest absolute Gasteiger partial charge is 0.382 e. The molecule has 1 aliphatic rings. The maximum atomic E-state index is 13.6. The van der Waals surface area contributed by atoms with Crippen LogP contribution < -0.4 is 10.6 Å². The van der Waals surface area contributed by atoms with E-state index in [1.807, 2.05) is 0 Å². The molecular formula is C19H23FN4O2. The van der Waals surface area contributed by atoms with Crippen LogP contribution in [0, 0.1) is 5.82 Å². The molecule has 7 heteroatoms. The zero-order valence-electron chi connectivity index (χ0n) is 14.6. The third-order valence-electron chi connectivity index (χ3n) is 4.26. The van der Waals surface area contributed by atoms with Gasteiger partial charge in [-0.15, -0.1) is 0 Å². The molecule has 0 atom stereocenters. The highest BCUT2D eigenvalue weighted by Gasteiger charge is 2.11. The van der Waals surface area contributed by atoms with Gasteiger partial charge in [0.15, 0.2) is 0 Å². The number of hydrogen-bond acceptors (Lipinski definition) is 5. The lowest BCUT2D eigenvalue weighted by molar-refractivity contribution is 0.0398. The molecule has 1 aromatic carbocycles. The lowest BCUT2D eigenvalue weighted by Gasteiger charge is -2.26. The van der Waals surface area contributed by atoms with Crippen molar-refractivity contribution >= 4 is 11.6 Å². The van der Waals surface area contributed by atoms with Gasteiger partial charge in [-0.1, -0.05) is 18.2 Å². The summed E-state index contributed by atoms with van der Waals surface area (Å²) in [4.78, 5) is 18.7. The second-order valence-corrected chi connectivity index (χ2v) is 6.12. The Morgan fingerprint density at radius 1 is 1.23 bits per heavy atom. The van der Waals surface area contributed by atoms with Crippen molar-refractivity contribution in [3.05, 3.63) is 59.7 Å². The summed E-state index contributed by atoms with van der Waals surface area (Å²) >= 11 is 0. The van der Waals surface area contributed by atoms with Crippen LogP contribution in [0.3, 0.4) is 0 Å². The molecule has 0 spiro atoms. The van der Waals surface area contributed by atoms with Gasteiger partial charge in [-0.3, -0.25) is 14.7 Å². The van der Waals surface area contributed by atoms with Crippen LogP contribution >= 0.6 is 0 Å². The molecule has 1 aromatic heterocycles. The Hall–Kier alpha value is -2.51. The molecule has 2 aromatic rings. The molecule has 3 rings (SSSR count). The van der Waals surface area contributed by atoms with Crippen molar-refractivity contribution in [2.75, 3.05) is 44.7 Å². The average molecular weight is 358 g/mol. The molecule has 6 nitrogen and oxygen atoms in total. The minimum Gasteiger partial charge on any atom is -0.382 e. The molecule has 26 heavy (non-hydrogen) atoms. The molecule has 1 fully saturated rings. The first-order chi connectivity index (χ1) is 12.7. The number of carbonyl (C=O) groups excluding carboxylic acids is 1. The molecule has 0 unspecified atom stereocenters. The van der Waals surface area contributed by atoms with E-state index >= 15 is 0 Å². The molecule has 138 valence electrons. The molecule has 0 radical (unpaired) electrons. The maximum Gasteiger partial charge on any atom is 0.253 e. The fraction of sp³-hybridized carbons (Fsp3) is 0.368. The fourth-order valence-electron chi connectivity index (χ4n) is 2.76. The number of carbonyl (C=O) groups is 1. The highest BCUT2D eigenvalue weighted by atomic mass is 19.1. The van der Waals surface area contributed by atoms with Gasteiger partial charge < -0.3 is 15.4 Å². The summed E-state index contributed by atoms with van der Waals surface area (Å²) in [6.45, 7) is 5.25. The van der Waals surface area contributed by atoms with Crippen molar-refractivity contribution < 1.29 is 13.9 Å². The van der Waals surface area contributed by atoms with Gasteiger partial charge in [-0.05, 0) is 12.1 Å². The van der Waals surface area contributed by atoms with Crippen molar-refractivity contribution in [1.29, 1.82) is 0 Å². The molecule has 2 N–H and O–H groups in total. The lowest BCUT2D eigenvalue weighted by atomic mass is 10.2. The SMILES string of the molecule is O=C(NCc1ccccc1F)c1cncc(NCCN2CCOCC2)c1. The zero-order chi connectivity index (χ0) is 18.2. The van der Waals surface area contributed by atoms with E-state index in [2.05, 4.69) is 20.5 Å². The molecule has 0 saturated carbocycles. The molecule has 1 aliphatic heterocycles. The van der Waals surface area contributed by atoms with Crippen LogP contribution in [0.2, 0.25) is 0 Å². The molecule has 0 bridgehead atoms. The Labute approximate surface area is 152 Å². The maximum absolute atomic E-state index is 13.6. The van der Waals surface area contributed by atoms with E-state index in [-0.39, 0.29) is 18.3 Å². The number of rotatable bonds is 7. The highest BCUT2D eigenvalue weighted by molar-refractivity contribution is 5.94. The summed E-state index contributed by atoms with van der Waals surface area (Å²) in [6.07, 6.45) is 3.19. The van der Waals surface area contributed by atoms with Gasteiger partial charge in [0.05, 0.1) is 24.5 Å². The minimum absolute atomic E-state index is 0.139. The number of nitrogens with one attached hydrogen (secondary N) is 2. The van der Waals surface area contributed by atoms with E-state index in [1.165, 1.54) is 12.3 Å². The van der Waals surface area contributed by atoms with Gasteiger partial charge in [0, 0.05) is 50.7 Å². The van der Waals surface area contributed by atoms with Gasteiger partial charge in [-0.25, -0.2) is 4.39 Å². The summed E-state index contributed by atoms with van der Waals surface area (Å²) < 4.78 is 18.9. The minimum atomic E-state index is -0.329. The Kier molecular flexibility index (Phi) is 6.51. The quantitative estimate of drug-likeness (QED) is 0.791. The smallest absolute Gasteiger partial charge is 0.253 e. The van der Waals surface area contributed by atoms with Crippen LogP contribution in [0.1, 0.15) is 15.9 Å². The second kappa shape index (κ2) is 9.26. The third kappa shape index (κ3) is 5.24. The summed E-state index contributed by atoms with van der Waals surface area (Å²) in [5.74, 6) is -0.609. The predicted octanol–water partition coefficient (Wildman–Crippen LogP) is 1.89. The molecule has 2 heterocycles. The van der Waals surface area contributed by atoms with Gasteiger partial charge in [-0.2, -0.15) is 0 Å². The van der Waals surface area contributed by atoms with E-state index in [0.717, 1.165) is 45.1 Å². The van der Waals surface area contributed by atoms with Crippen molar-refractivity contribution in [3.8, 4) is 0 Å². The first-order valence-corrected chi connectivity index (χ1v) is 8.73. The summed E-state index contributed by atoms with van der Waals surface area (Å²) in [7, 11) is 0. The average Bonchev–Trinajstić information content (AvgIpc) is 2.68. The predicted molar refractivity (Wildman–Crippen MR) is 97.6 cm³/mol.